The quantitative estimate of drug-likeness (QED) is 0.535. The number of ether oxygens (including phenoxy) is 1. The summed E-state index contributed by atoms with van der Waals surface area (Å²) in [5.74, 6) is 2.34. The molecule has 35 heavy (non-hydrogen) atoms. The lowest BCUT2D eigenvalue weighted by molar-refractivity contribution is -0.136. The maximum Gasteiger partial charge on any atom is 0.228 e. The largest absolute Gasteiger partial charge is 0.494 e. The maximum absolute atomic E-state index is 13.2. The van der Waals surface area contributed by atoms with Crippen LogP contribution in [0.2, 0.25) is 0 Å². The normalized spacial score (nSPS) is 18.3. The molecule has 3 aromatic rings. The van der Waals surface area contributed by atoms with E-state index >= 15 is 0 Å². The van der Waals surface area contributed by atoms with Gasteiger partial charge in [-0.25, -0.2) is 4.98 Å². The van der Waals surface area contributed by atoms with Crippen LogP contribution in [0.25, 0.3) is 11.4 Å². The van der Waals surface area contributed by atoms with Crippen molar-refractivity contribution in [2.75, 3.05) is 49.1 Å². The van der Waals surface area contributed by atoms with Crippen LogP contribution in [-0.4, -0.2) is 71.2 Å². The molecule has 0 N–H and O–H groups in total. The molecule has 2 saturated heterocycles. The minimum Gasteiger partial charge on any atom is -0.494 e. The van der Waals surface area contributed by atoms with Gasteiger partial charge in [-0.05, 0) is 43.3 Å². The second-order valence-electron chi connectivity index (χ2n) is 8.69. The Morgan fingerprint density at radius 1 is 1.11 bits per heavy atom. The molecule has 5 rings (SSSR count). The van der Waals surface area contributed by atoms with E-state index in [9.17, 15) is 9.59 Å². The molecule has 0 aliphatic carbocycles. The Morgan fingerprint density at radius 3 is 2.51 bits per heavy atom. The van der Waals surface area contributed by atoms with E-state index in [-0.39, 0.29) is 24.2 Å². The van der Waals surface area contributed by atoms with Gasteiger partial charge in [0.25, 0.3) is 0 Å². The van der Waals surface area contributed by atoms with Gasteiger partial charge in [0, 0.05) is 63.5 Å². The van der Waals surface area contributed by atoms with Crippen molar-refractivity contribution >= 4 is 23.3 Å². The van der Waals surface area contributed by atoms with Crippen molar-refractivity contribution in [1.29, 1.82) is 0 Å². The summed E-state index contributed by atoms with van der Waals surface area (Å²) in [7, 11) is 0. The van der Waals surface area contributed by atoms with Crippen molar-refractivity contribution in [2.45, 2.75) is 20.3 Å². The van der Waals surface area contributed by atoms with Crippen LogP contribution in [0.3, 0.4) is 0 Å². The summed E-state index contributed by atoms with van der Waals surface area (Å²) in [6.07, 6.45) is 1.97. The van der Waals surface area contributed by atoms with E-state index in [0.29, 0.717) is 51.0 Å². The van der Waals surface area contributed by atoms with Gasteiger partial charge in [0.05, 0.1) is 12.5 Å². The van der Waals surface area contributed by atoms with E-state index in [1.54, 1.807) is 18.0 Å². The first kappa shape index (κ1) is 22.8. The van der Waals surface area contributed by atoms with Crippen LogP contribution in [-0.2, 0) is 9.59 Å². The van der Waals surface area contributed by atoms with E-state index < -0.39 is 0 Å². The number of hydrogen-bond donors (Lipinski definition) is 0. The fourth-order valence-electron chi connectivity index (χ4n) is 4.55. The molecule has 0 radical (unpaired) electrons. The number of nitrogens with zero attached hydrogens (tertiary/aromatic N) is 6. The fraction of sp³-hybridized carbons (Fsp3) is 0.400. The molecule has 2 aliphatic heterocycles. The Bertz CT molecular complexity index is 1190. The molecular formula is C25H28N6O4. The Hall–Kier alpha value is -3.95. The van der Waals surface area contributed by atoms with E-state index in [0.717, 1.165) is 22.8 Å². The summed E-state index contributed by atoms with van der Waals surface area (Å²) in [6, 6.07) is 11.3. The van der Waals surface area contributed by atoms with E-state index in [1.807, 2.05) is 48.2 Å². The molecule has 10 nitrogen and oxygen atoms in total. The van der Waals surface area contributed by atoms with Gasteiger partial charge in [-0.15, -0.1) is 0 Å². The fourth-order valence-corrected chi connectivity index (χ4v) is 4.55. The summed E-state index contributed by atoms with van der Waals surface area (Å²) in [5.41, 5.74) is 1.59. The summed E-state index contributed by atoms with van der Waals surface area (Å²) in [6.45, 7) is 7.24. The van der Waals surface area contributed by atoms with Crippen LogP contribution in [0.1, 0.15) is 19.2 Å². The van der Waals surface area contributed by atoms with Crippen LogP contribution in [0.5, 0.6) is 5.75 Å². The molecule has 2 fully saturated rings. The van der Waals surface area contributed by atoms with Crippen LogP contribution < -0.4 is 14.5 Å². The third-order valence-corrected chi connectivity index (χ3v) is 6.38. The highest BCUT2D eigenvalue weighted by atomic mass is 16.5. The number of benzene rings is 1. The number of carbonyl (C=O) groups is 2. The Labute approximate surface area is 203 Å². The lowest BCUT2D eigenvalue weighted by Crippen LogP contribution is -2.51. The highest BCUT2D eigenvalue weighted by molar-refractivity contribution is 6.00. The monoisotopic (exact) mass is 476 g/mol. The van der Waals surface area contributed by atoms with E-state index in [4.69, 9.17) is 9.26 Å². The van der Waals surface area contributed by atoms with Crippen LogP contribution in [0.15, 0.2) is 47.1 Å². The number of pyridine rings is 1. The van der Waals surface area contributed by atoms with E-state index in [1.165, 1.54) is 0 Å². The lowest BCUT2D eigenvalue weighted by atomic mass is 10.1. The highest BCUT2D eigenvalue weighted by Gasteiger charge is 2.38. The number of carbonyl (C=O) groups excluding carboxylic acids is 2. The summed E-state index contributed by atoms with van der Waals surface area (Å²) < 4.78 is 10.5. The summed E-state index contributed by atoms with van der Waals surface area (Å²) in [4.78, 5) is 40.3. The number of amides is 2. The highest BCUT2D eigenvalue weighted by Crippen LogP contribution is 2.28. The number of aryl methyl sites for hydroxylation is 1. The molecule has 1 aromatic carbocycles. The molecule has 10 heteroatoms. The zero-order valence-corrected chi connectivity index (χ0v) is 19.9. The molecule has 2 aromatic heterocycles. The first-order chi connectivity index (χ1) is 17.0. The topological polar surface area (TPSA) is 105 Å². The standard InChI is InChI=1S/C25H28N6O4/c1-3-34-21-7-5-20(6-8-21)31-16-19(14-23(31)32)25(33)30-12-10-29(11-13-30)22-9-4-18(15-26-22)24-27-17(2)35-28-24/h4-9,15,19H,3,10-14,16H2,1-2H3. The lowest BCUT2D eigenvalue weighted by Gasteiger charge is -2.36. The van der Waals surface area contributed by atoms with Crippen molar-refractivity contribution in [3.05, 3.63) is 48.5 Å². The second kappa shape index (κ2) is 9.73. The van der Waals surface area contributed by atoms with Gasteiger partial charge in [0.2, 0.25) is 23.5 Å². The van der Waals surface area contributed by atoms with E-state index in [2.05, 4.69) is 20.0 Å². The number of anilines is 2. The number of rotatable bonds is 6. The van der Waals surface area contributed by atoms with Crippen molar-refractivity contribution in [3.8, 4) is 17.1 Å². The molecule has 2 amide bonds. The minimum atomic E-state index is -0.323. The van der Waals surface area contributed by atoms with Gasteiger partial charge in [-0.3, -0.25) is 9.59 Å². The zero-order chi connectivity index (χ0) is 24.4. The number of aromatic nitrogens is 3. The third-order valence-electron chi connectivity index (χ3n) is 6.38. The SMILES string of the molecule is CCOc1ccc(N2CC(C(=O)N3CCN(c4ccc(-c5noc(C)n5)cn4)CC3)CC2=O)cc1. The molecule has 182 valence electrons. The Balaban J connectivity index is 1.16. The molecule has 2 aliphatic rings. The minimum absolute atomic E-state index is 0.0211. The van der Waals surface area contributed by atoms with Crippen molar-refractivity contribution < 1.29 is 18.8 Å². The number of hydrogen-bond acceptors (Lipinski definition) is 8. The average molecular weight is 477 g/mol. The predicted molar refractivity (Wildman–Crippen MR) is 129 cm³/mol. The van der Waals surface area contributed by atoms with Gasteiger partial charge < -0.3 is 24.0 Å². The van der Waals surface area contributed by atoms with Gasteiger partial charge in [0.15, 0.2) is 0 Å². The first-order valence-corrected chi connectivity index (χ1v) is 11.9. The summed E-state index contributed by atoms with van der Waals surface area (Å²) >= 11 is 0. The molecule has 0 spiro atoms. The van der Waals surface area contributed by atoms with Gasteiger partial charge in [-0.1, -0.05) is 5.16 Å². The first-order valence-electron chi connectivity index (χ1n) is 11.9. The smallest absolute Gasteiger partial charge is 0.228 e. The summed E-state index contributed by atoms with van der Waals surface area (Å²) in [5, 5.41) is 3.92. The van der Waals surface area contributed by atoms with Crippen LogP contribution in [0, 0.1) is 12.8 Å². The molecular weight excluding hydrogens is 448 g/mol. The van der Waals surface area contributed by atoms with Crippen molar-refractivity contribution in [1.82, 2.24) is 20.0 Å². The predicted octanol–water partition coefficient (Wildman–Crippen LogP) is 2.54. The van der Waals surface area contributed by atoms with Crippen LogP contribution in [0.4, 0.5) is 11.5 Å². The molecule has 0 bridgehead atoms. The van der Waals surface area contributed by atoms with Gasteiger partial charge >= 0.3 is 0 Å². The average Bonchev–Trinajstić information content (AvgIpc) is 3.50. The second-order valence-corrected chi connectivity index (χ2v) is 8.69. The van der Waals surface area contributed by atoms with Gasteiger partial charge in [0.1, 0.15) is 11.6 Å². The molecule has 4 heterocycles. The Morgan fingerprint density at radius 2 is 1.89 bits per heavy atom. The molecule has 0 saturated carbocycles. The molecule has 1 atom stereocenters. The maximum atomic E-state index is 13.2. The van der Waals surface area contributed by atoms with Crippen LogP contribution >= 0.6 is 0 Å². The number of piperazine rings is 1. The van der Waals surface area contributed by atoms with Crippen molar-refractivity contribution in [2.24, 2.45) is 5.92 Å². The third kappa shape index (κ3) is 4.82. The Kier molecular flexibility index (Phi) is 6.35. The zero-order valence-electron chi connectivity index (χ0n) is 19.9. The van der Waals surface area contributed by atoms with Crippen molar-refractivity contribution in [3.63, 3.8) is 0 Å². The molecule has 1 unspecified atom stereocenters. The van der Waals surface area contributed by atoms with Gasteiger partial charge in [-0.2, -0.15) is 4.98 Å².